The molecule has 4 aromatic rings. The van der Waals surface area contributed by atoms with E-state index in [1.807, 2.05) is 53.4 Å². The molecule has 0 radical (unpaired) electrons. The van der Waals surface area contributed by atoms with Crippen molar-refractivity contribution in [3.63, 3.8) is 0 Å². The maximum Gasteiger partial charge on any atom is 0.338 e. The smallest absolute Gasteiger partial charge is 0.338 e. The van der Waals surface area contributed by atoms with Crippen LogP contribution in [0.5, 0.6) is 5.75 Å². The molecule has 2 atom stereocenters. The number of carbonyl (C=O) groups excluding carboxylic acids is 2. The van der Waals surface area contributed by atoms with Crippen LogP contribution in [0.15, 0.2) is 83.4 Å². The molecular weight excluding hydrogens is 516 g/mol. The Kier molecular flexibility index (Phi) is 7.29. The number of rotatable bonds is 7. The Morgan fingerprint density at radius 1 is 1.05 bits per heavy atom. The molecule has 5 rings (SSSR count). The molecule has 2 aromatic heterocycles. The quantitative estimate of drug-likeness (QED) is 0.239. The second-order valence-corrected chi connectivity index (χ2v) is 9.19. The van der Waals surface area contributed by atoms with Gasteiger partial charge in [0.15, 0.2) is 5.11 Å². The number of aromatic nitrogens is 1. The molecule has 1 fully saturated rings. The predicted molar refractivity (Wildman–Crippen MR) is 151 cm³/mol. The van der Waals surface area contributed by atoms with E-state index in [2.05, 4.69) is 15.6 Å². The lowest BCUT2D eigenvalue weighted by molar-refractivity contribution is -0.114. The van der Waals surface area contributed by atoms with Crippen molar-refractivity contribution in [2.45, 2.75) is 19.0 Å². The van der Waals surface area contributed by atoms with Crippen LogP contribution in [0.1, 0.15) is 40.8 Å². The van der Waals surface area contributed by atoms with Gasteiger partial charge in [-0.1, -0.05) is 24.3 Å². The summed E-state index contributed by atoms with van der Waals surface area (Å²) in [6.45, 7) is 1.44. The molecule has 0 bridgehead atoms. The van der Waals surface area contributed by atoms with Gasteiger partial charge in [0.25, 0.3) is 0 Å². The minimum Gasteiger partial charge on any atom is -0.495 e. The highest BCUT2D eigenvalue weighted by molar-refractivity contribution is 7.80. The topological polar surface area (TPSA) is 106 Å². The summed E-state index contributed by atoms with van der Waals surface area (Å²) in [6, 6.07) is 21.1. The van der Waals surface area contributed by atoms with Gasteiger partial charge in [0.05, 0.1) is 37.2 Å². The van der Waals surface area contributed by atoms with E-state index in [1.54, 1.807) is 37.6 Å². The number of furan rings is 1. The average Bonchev–Trinajstić information content (AvgIpc) is 3.57. The summed E-state index contributed by atoms with van der Waals surface area (Å²) in [5, 5.41) is 6.66. The molecule has 0 unspecified atom stereocenters. The third kappa shape index (κ3) is 5.06. The second-order valence-electron chi connectivity index (χ2n) is 8.80. The van der Waals surface area contributed by atoms with E-state index in [0.717, 1.165) is 5.69 Å². The Labute approximate surface area is 230 Å². The zero-order valence-electron chi connectivity index (χ0n) is 21.5. The van der Waals surface area contributed by atoms with Crippen LogP contribution in [0.25, 0.3) is 11.3 Å². The molecule has 9 nitrogen and oxygen atoms in total. The molecule has 198 valence electrons. The third-order valence-electron chi connectivity index (χ3n) is 6.39. The van der Waals surface area contributed by atoms with Gasteiger partial charge in [-0.05, 0) is 60.7 Å². The number of hydrogen-bond donors (Lipinski definition) is 2. The fraction of sp³-hybridized carbons (Fsp3) is 0.172. The van der Waals surface area contributed by atoms with Gasteiger partial charge < -0.3 is 29.4 Å². The number of thiocarbonyl (C=S) groups is 1. The van der Waals surface area contributed by atoms with E-state index in [4.69, 9.17) is 26.1 Å². The minimum atomic E-state index is -0.455. The Bertz CT molecular complexity index is 1540. The van der Waals surface area contributed by atoms with Crippen LogP contribution in [0, 0.1) is 0 Å². The van der Waals surface area contributed by atoms with E-state index < -0.39 is 12.0 Å². The Hall–Kier alpha value is -4.70. The first kappa shape index (κ1) is 25.9. The molecule has 10 heteroatoms. The Morgan fingerprint density at radius 3 is 2.56 bits per heavy atom. The summed E-state index contributed by atoms with van der Waals surface area (Å²) in [6.07, 6.45) is 1.72. The standard InChI is InChI=1S/C29H26N4O5S/c1-17(34)31-22-16-18(11-12-24(22)36-2)33-27(26(32-29(33)39)21-10-6-7-15-30-21)25-14-13-23(38-25)19-8-4-5-9-20(19)28(35)37-3/h4-16,26-27H,1-3H3,(H,31,34)(H,32,39)/t26-,27-/m0/s1. The number of methoxy groups -OCH3 is 2. The lowest BCUT2D eigenvalue weighted by atomic mass is 10.0. The molecule has 1 amide bonds. The van der Waals surface area contributed by atoms with Crippen LogP contribution in [0.2, 0.25) is 0 Å². The fourth-order valence-corrected chi connectivity index (χ4v) is 5.04. The summed E-state index contributed by atoms with van der Waals surface area (Å²) >= 11 is 5.81. The fourth-order valence-electron chi connectivity index (χ4n) is 4.70. The molecule has 2 aromatic carbocycles. The van der Waals surface area contributed by atoms with E-state index in [-0.39, 0.29) is 11.9 Å². The minimum absolute atomic E-state index is 0.226. The van der Waals surface area contributed by atoms with Crippen molar-refractivity contribution < 1.29 is 23.5 Å². The zero-order chi connectivity index (χ0) is 27.5. The number of anilines is 2. The van der Waals surface area contributed by atoms with Crippen molar-refractivity contribution >= 4 is 40.6 Å². The van der Waals surface area contributed by atoms with Crippen molar-refractivity contribution in [2.75, 3.05) is 24.4 Å². The number of benzene rings is 2. The summed E-state index contributed by atoms with van der Waals surface area (Å²) in [4.78, 5) is 30.8. The molecule has 3 heterocycles. The number of ether oxygens (including phenoxy) is 2. The van der Waals surface area contributed by atoms with Gasteiger partial charge in [-0.15, -0.1) is 0 Å². The molecule has 1 aliphatic heterocycles. The van der Waals surface area contributed by atoms with Crippen molar-refractivity contribution in [1.82, 2.24) is 10.3 Å². The summed E-state index contributed by atoms with van der Waals surface area (Å²) in [5.41, 5.74) is 3.01. The van der Waals surface area contributed by atoms with Crippen LogP contribution < -0.4 is 20.3 Å². The summed E-state index contributed by atoms with van der Waals surface area (Å²) in [5.74, 6) is 0.950. The first-order chi connectivity index (χ1) is 18.9. The van der Waals surface area contributed by atoms with Gasteiger partial charge in [-0.2, -0.15) is 0 Å². The highest BCUT2D eigenvalue weighted by Gasteiger charge is 2.43. The molecule has 1 saturated heterocycles. The van der Waals surface area contributed by atoms with E-state index >= 15 is 0 Å². The number of nitrogens with zero attached hydrogens (tertiary/aromatic N) is 2. The Morgan fingerprint density at radius 2 is 1.85 bits per heavy atom. The first-order valence-corrected chi connectivity index (χ1v) is 12.6. The normalized spacial score (nSPS) is 16.5. The predicted octanol–water partition coefficient (Wildman–Crippen LogP) is 5.27. The lowest BCUT2D eigenvalue weighted by Gasteiger charge is -2.27. The van der Waals surface area contributed by atoms with Gasteiger partial charge in [0.1, 0.15) is 23.3 Å². The highest BCUT2D eigenvalue weighted by Crippen LogP contribution is 2.44. The molecule has 39 heavy (non-hydrogen) atoms. The second kappa shape index (κ2) is 11.0. The number of amides is 1. The van der Waals surface area contributed by atoms with Crippen LogP contribution in [-0.4, -0.2) is 36.2 Å². The average molecular weight is 543 g/mol. The van der Waals surface area contributed by atoms with Gasteiger partial charge in [-0.25, -0.2) is 4.79 Å². The SMILES string of the molecule is COC(=O)c1ccccc1-c1ccc([C@H]2[C@H](c3ccccn3)NC(=S)N2c2ccc(OC)c(NC(C)=O)c2)o1. The monoisotopic (exact) mass is 542 g/mol. The van der Waals surface area contributed by atoms with Crippen molar-refractivity contribution in [2.24, 2.45) is 0 Å². The maximum atomic E-state index is 12.4. The van der Waals surface area contributed by atoms with Crippen molar-refractivity contribution in [1.29, 1.82) is 0 Å². The molecular formula is C29H26N4O5S. The first-order valence-electron chi connectivity index (χ1n) is 12.1. The van der Waals surface area contributed by atoms with Gasteiger partial charge in [0.2, 0.25) is 5.91 Å². The molecule has 0 aliphatic carbocycles. The molecule has 0 spiro atoms. The van der Waals surface area contributed by atoms with Crippen molar-refractivity contribution in [3.8, 4) is 17.1 Å². The zero-order valence-corrected chi connectivity index (χ0v) is 22.3. The van der Waals surface area contributed by atoms with Crippen LogP contribution in [-0.2, 0) is 9.53 Å². The number of pyridine rings is 1. The number of esters is 1. The number of nitrogens with one attached hydrogen (secondary N) is 2. The number of carbonyl (C=O) groups is 2. The van der Waals surface area contributed by atoms with E-state index in [0.29, 0.717) is 44.9 Å². The van der Waals surface area contributed by atoms with E-state index in [1.165, 1.54) is 14.0 Å². The van der Waals surface area contributed by atoms with Crippen molar-refractivity contribution in [3.05, 3.63) is 96.0 Å². The Balaban J connectivity index is 1.62. The molecule has 1 aliphatic rings. The maximum absolute atomic E-state index is 12.4. The van der Waals surface area contributed by atoms with E-state index in [9.17, 15) is 9.59 Å². The summed E-state index contributed by atoms with van der Waals surface area (Å²) < 4.78 is 16.8. The molecule has 0 saturated carbocycles. The van der Waals surface area contributed by atoms with Gasteiger partial charge in [-0.3, -0.25) is 9.78 Å². The number of hydrogen-bond acceptors (Lipinski definition) is 7. The highest BCUT2D eigenvalue weighted by atomic mass is 32.1. The lowest BCUT2D eigenvalue weighted by Crippen LogP contribution is -2.29. The van der Waals surface area contributed by atoms with Gasteiger partial charge in [0, 0.05) is 24.4 Å². The van der Waals surface area contributed by atoms with Gasteiger partial charge >= 0.3 is 5.97 Å². The van der Waals surface area contributed by atoms with Crippen LogP contribution >= 0.6 is 12.2 Å². The van der Waals surface area contributed by atoms with Crippen LogP contribution in [0.3, 0.4) is 0 Å². The van der Waals surface area contributed by atoms with Crippen LogP contribution in [0.4, 0.5) is 11.4 Å². The third-order valence-corrected chi connectivity index (χ3v) is 6.70. The summed E-state index contributed by atoms with van der Waals surface area (Å²) in [7, 11) is 2.88. The molecule has 2 N–H and O–H groups in total. The largest absolute Gasteiger partial charge is 0.495 e.